The van der Waals surface area contributed by atoms with Gasteiger partial charge < -0.3 is 9.64 Å². The lowest BCUT2D eigenvalue weighted by molar-refractivity contribution is -0.138. The van der Waals surface area contributed by atoms with Crippen molar-refractivity contribution < 1.29 is 27.1 Å². The zero-order chi connectivity index (χ0) is 27.5. The lowest BCUT2D eigenvalue weighted by Gasteiger charge is -2.58. The third kappa shape index (κ3) is 5.18. The third-order valence-corrected chi connectivity index (χ3v) is 9.21. The number of carbonyl (C=O) groups excluding carboxylic acids is 1. The summed E-state index contributed by atoms with van der Waals surface area (Å²) >= 11 is 1.24. The number of carbonyl (C=O) groups is 1. The van der Waals surface area contributed by atoms with Crippen molar-refractivity contribution in [3.05, 3.63) is 59.4 Å². The number of nitrogens with zero attached hydrogens (tertiary/aromatic N) is 4. The van der Waals surface area contributed by atoms with Crippen molar-refractivity contribution in [1.82, 2.24) is 14.8 Å². The first-order valence-corrected chi connectivity index (χ1v) is 14.0. The molecule has 1 saturated carbocycles. The minimum Gasteiger partial charge on any atom is -0.446 e. The lowest BCUT2D eigenvalue weighted by Crippen LogP contribution is -2.64. The van der Waals surface area contributed by atoms with Crippen LogP contribution in [-0.4, -0.2) is 65.2 Å². The van der Waals surface area contributed by atoms with Crippen LogP contribution < -0.4 is 4.90 Å². The fraction of sp³-hybridized carbons (Fsp3) is 0.500. The van der Waals surface area contributed by atoms with Gasteiger partial charge in [-0.25, -0.2) is 14.2 Å². The number of ether oxygens (including phenoxy) is 1. The molecule has 0 radical (unpaired) electrons. The number of halogens is 4. The molecule has 39 heavy (non-hydrogen) atoms. The number of rotatable bonds is 4. The van der Waals surface area contributed by atoms with E-state index in [1.165, 1.54) is 29.5 Å². The zero-order valence-corrected chi connectivity index (χ0v) is 22.6. The molecule has 11 heteroatoms. The van der Waals surface area contributed by atoms with E-state index in [0.29, 0.717) is 28.4 Å². The lowest BCUT2D eigenvalue weighted by atomic mass is 9.61. The molecule has 3 fully saturated rings. The van der Waals surface area contributed by atoms with Crippen LogP contribution in [0, 0.1) is 11.2 Å². The Balaban J connectivity index is 1.01. The van der Waals surface area contributed by atoms with Crippen LogP contribution in [0.25, 0.3) is 10.2 Å². The highest BCUT2D eigenvalue weighted by Crippen LogP contribution is 2.50. The summed E-state index contributed by atoms with van der Waals surface area (Å²) in [6.45, 7) is 7.68. The first kappa shape index (κ1) is 26.3. The van der Waals surface area contributed by atoms with Gasteiger partial charge in [-0.2, -0.15) is 13.2 Å². The normalized spacial score (nSPS) is 23.6. The van der Waals surface area contributed by atoms with Crippen LogP contribution in [-0.2, 0) is 17.5 Å². The van der Waals surface area contributed by atoms with Crippen LogP contribution in [0.2, 0.25) is 0 Å². The van der Waals surface area contributed by atoms with Gasteiger partial charge in [0.25, 0.3) is 0 Å². The number of likely N-dealkylation sites (tertiary alicyclic amines) is 1. The van der Waals surface area contributed by atoms with Crippen molar-refractivity contribution >= 4 is 32.8 Å². The molecule has 1 amide bonds. The van der Waals surface area contributed by atoms with Crippen molar-refractivity contribution in [2.24, 2.45) is 5.41 Å². The van der Waals surface area contributed by atoms with Crippen LogP contribution in [0.4, 0.5) is 27.5 Å². The van der Waals surface area contributed by atoms with Crippen LogP contribution in [0.3, 0.4) is 0 Å². The molecule has 2 aromatic carbocycles. The van der Waals surface area contributed by atoms with Crippen molar-refractivity contribution in [2.75, 3.05) is 31.1 Å². The number of hydrogen-bond acceptors (Lipinski definition) is 6. The Morgan fingerprint density at radius 3 is 2.38 bits per heavy atom. The number of hydrogen-bond donors (Lipinski definition) is 0. The fourth-order valence-electron chi connectivity index (χ4n) is 6.38. The molecular formula is C28H30F4N4O2S. The van der Waals surface area contributed by atoms with Gasteiger partial charge in [-0.3, -0.25) is 9.80 Å². The number of fused-ring (bicyclic) bond motifs is 1. The second-order valence-corrected chi connectivity index (χ2v) is 12.4. The Morgan fingerprint density at radius 1 is 1.08 bits per heavy atom. The van der Waals surface area contributed by atoms with Gasteiger partial charge in [0.05, 0.1) is 27.9 Å². The second-order valence-electron chi connectivity index (χ2n) is 11.4. The van der Waals surface area contributed by atoms with E-state index in [-0.39, 0.29) is 35.5 Å². The van der Waals surface area contributed by atoms with Crippen molar-refractivity contribution in [3.8, 4) is 0 Å². The molecule has 1 aliphatic carbocycles. The van der Waals surface area contributed by atoms with Crippen LogP contribution in [0.5, 0.6) is 0 Å². The Morgan fingerprint density at radius 2 is 1.74 bits per heavy atom. The first-order valence-electron chi connectivity index (χ1n) is 13.2. The Hall–Kier alpha value is -2.92. The topological polar surface area (TPSA) is 48.9 Å². The van der Waals surface area contributed by atoms with Crippen LogP contribution >= 0.6 is 11.3 Å². The molecule has 0 bridgehead atoms. The predicted molar refractivity (Wildman–Crippen MR) is 141 cm³/mol. The molecule has 6 nitrogen and oxygen atoms in total. The number of amides is 1. The molecule has 3 aromatic rings. The molecule has 2 atom stereocenters. The number of benzene rings is 2. The molecule has 3 aliphatic rings. The Bertz CT molecular complexity index is 1350. The highest BCUT2D eigenvalue weighted by Gasteiger charge is 2.54. The van der Waals surface area contributed by atoms with Crippen LogP contribution in [0.1, 0.15) is 37.8 Å². The van der Waals surface area contributed by atoms with Gasteiger partial charge in [-0.15, -0.1) is 0 Å². The van der Waals surface area contributed by atoms with Crippen LogP contribution in [0.15, 0.2) is 42.5 Å². The molecule has 6 rings (SSSR count). The standard InChI is InChI=1S/C28H30F4N4O2S/c1-17-12-35(25-33-23-8-5-20(28(30,31)32)9-24(23)39-25)13-18(2)36(17)26(37)38-22-10-27(11-22)15-34(16-27)14-19-3-6-21(29)7-4-19/h3-9,17-18,22H,10-16H2,1-2H3/t17-,18-/m1/s1. The molecule has 0 N–H and O–H groups in total. The quantitative estimate of drug-likeness (QED) is 0.357. The summed E-state index contributed by atoms with van der Waals surface area (Å²) in [6, 6.07) is 9.94. The predicted octanol–water partition coefficient (Wildman–Crippen LogP) is 6.15. The maximum absolute atomic E-state index is 13.1. The monoisotopic (exact) mass is 562 g/mol. The molecule has 0 unspecified atom stereocenters. The molecular weight excluding hydrogens is 532 g/mol. The van der Waals surface area contributed by atoms with E-state index in [4.69, 9.17) is 4.74 Å². The minimum atomic E-state index is -4.39. The zero-order valence-electron chi connectivity index (χ0n) is 21.7. The van der Waals surface area contributed by atoms with Gasteiger partial charge in [0.1, 0.15) is 11.9 Å². The molecule has 3 heterocycles. The molecule has 1 aromatic heterocycles. The van der Waals surface area contributed by atoms with Gasteiger partial charge in [0.2, 0.25) is 0 Å². The van der Waals surface area contributed by atoms with Crippen molar-refractivity contribution in [1.29, 1.82) is 0 Å². The van der Waals surface area contributed by atoms with E-state index in [0.717, 1.165) is 50.2 Å². The number of anilines is 1. The van der Waals surface area contributed by atoms with E-state index < -0.39 is 11.7 Å². The number of aromatic nitrogens is 1. The van der Waals surface area contributed by atoms with E-state index in [1.807, 2.05) is 30.9 Å². The summed E-state index contributed by atoms with van der Waals surface area (Å²) in [4.78, 5) is 23.8. The second kappa shape index (κ2) is 9.62. The molecule has 1 spiro atoms. The van der Waals surface area contributed by atoms with Gasteiger partial charge in [-0.05, 0) is 62.6 Å². The summed E-state index contributed by atoms with van der Waals surface area (Å²) in [5, 5.41) is 0.659. The highest BCUT2D eigenvalue weighted by atomic mass is 32.1. The summed E-state index contributed by atoms with van der Waals surface area (Å²) in [5.74, 6) is -0.229. The largest absolute Gasteiger partial charge is 0.446 e. The average Bonchev–Trinajstić information content (AvgIpc) is 3.25. The Labute approximate surface area is 228 Å². The minimum absolute atomic E-state index is 0.0880. The Kier molecular flexibility index (Phi) is 6.49. The van der Waals surface area contributed by atoms with Crippen molar-refractivity contribution in [2.45, 2.75) is 57.6 Å². The van der Waals surface area contributed by atoms with Gasteiger partial charge >= 0.3 is 12.3 Å². The van der Waals surface area contributed by atoms with Crippen molar-refractivity contribution in [3.63, 3.8) is 0 Å². The summed E-state index contributed by atoms with van der Waals surface area (Å²) < 4.78 is 58.8. The van der Waals surface area contributed by atoms with E-state index in [2.05, 4.69) is 9.88 Å². The van der Waals surface area contributed by atoms with E-state index >= 15 is 0 Å². The molecule has 208 valence electrons. The van der Waals surface area contributed by atoms with Gasteiger partial charge in [0.15, 0.2) is 5.13 Å². The average molecular weight is 563 g/mol. The fourth-order valence-corrected chi connectivity index (χ4v) is 7.40. The summed E-state index contributed by atoms with van der Waals surface area (Å²) in [5.41, 5.74) is 1.16. The number of alkyl halides is 3. The third-order valence-electron chi connectivity index (χ3n) is 8.13. The van der Waals surface area contributed by atoms with Gasteiger partial charge in [0, 0.05) is 38.1 Å². The van der Waals surface area contributed by atoms with E-state index in [9.17, 15) is 22.4 Å². The maximum atomic E-state index is 13.1. The summed E-state index contributed by atoms with van der Waals surface area (Å²) in [7, 11) is 0. The number of piperazine rings is 1. The van der Waals surface area contributed by atoms with E-state index in [1.54, 1.807) is 4.90 Å². The molecule has 2 saturated heterocycles. The maximum Gasteiger partial charge on any atom is 0.416 e. The highest BCUT2D eigenvalue weighted by molar-refractivity contribution is 7.22. The SMILES string of the molecule is C[C@@H]1CN(c2nc3ccc(C(F)(F)F)cc3s2)C[C@@H](C)N1C(=O)OC1CC2(C1)CN(Cc1ccc(F)cc1)C2. The molecule has 2 aliphatic heterocycles. The smallest absolute Gasteiger partial charge is 0.416 e. The van der Waals surface area contributed by atoms with Gasteiger partial charge in [-0.1, -0.05) is 23.5 Å². The first-order chi connectivity index (χ1) is 18.5. The summed E-state index contributed by atoms with van der Waals surface area (Å²) in [6.07, 6.45) is -3.08. The number of thiazole rings is 1.